The lowest BCUT2D eigenvalue weighted by molar-refractivity contribution is -0.120. The van der Waals surface area contributed by atoms with Crippen LogP contribution in [-0.2, 0) is 4.79 Å². The molecule has 0 spiro atoms. The van der Waals surface area contributed by atoms with Crippen LogP contribution in [0.4, 0.5) is 0 Å². The zero-order valence-corrected chi connectivity index (χ0v) is 9.14. The fourth-order valence-corrected chi connectivity index (χ4v) is 1.93. The molecule has 0 aromatic carbocycles. The normalized spacial score (nSPS) is 21.6. The van der Waals surface area contributed by atoms with E-state index >= 15 is 0 Å². The van der Waals surface area contributed by atoms with Crippen LogP contribution in [0, 0.1) is 17.8 Å². The Balaban J connectivity index is 2.33. The molecule has 1 aliphatic rings. The van der Waals surface area contributed by atoms with Crippen molar-refractivity contribution in [3.63, 3.8) is 0 Å². The summed E-state index contributed by atoms with van der Waals surface area (Å²) in [4.78, 5) is 11.5. The van der Waals surface area contributed by atoms with Gasteiger partial charge in [-0.25, -0.2) is 0 Å². The molecule has 1 rings (SSSR count). The molecule has 1 unspecified atom stereocenters. The summed E-state index contributed by atoms with van der Waals surface area (Å²) in [7, 11) is 0. The van der Waals surface area contributed by atoms with E-state index in [9.17, 15) is 4.79 Å². The van der Waals surface area contributed by atoms with Crippen LogP contribution in [0.5, 0.6) is 0 Å². The average molecular weight is 192 g/mol. The van der Waals surface area contributed by atoms with E-state index in [2.05, 4.69) is 18.8 Å². The number of carbonyl (C=O) groups excluding carboxylic acids is 1. The van der Waals surface area contributed by atoms with Crippen LogP contribution >= 0.6 is 0 Å². The number of hydrogen-bond acceptors (Lipinski definition) is 1. The van der Waals surface area contributed by atoms with Crippen molar-refractivity contribution in [3.8, 4) is 11.8 Å². The zero-order valence-electron chi connectivity index (χ0n) is 9.14. The molecule has 1 nitrogen and oxygen atoms in total. The van der Waals surface area contributed by atoms with Crippen LogP contribution in [0.3, 0.4) is 0 Å². The molecule has 1 heteroatoms. The topological polar surface area (TPSA) is 17.1 Å². The van der Waals surface area contributed by atoms with Gasteiger partial charge in [0, 0.05) is 25.7 Å². The molecule has 0 aliphatic heterocycles. The van der Waals surface area contributed by atoms with Crippen molar-refractivity contribution in [3.05, 3.63) is 0 Å². The summed E-state index contributed by atoms with van der Waals surface area (Å²) in [5.41, 5.74) is 0. The largest absolute Gasteiger partial charge is 0.300 e. The Hall–Kier alpha value is -0.770. The van der Waals surface area contributed by atoms with Crippen LogP contribution < -0.4 is 0 Å². The summed E-state index contributed by atoms with van der Waals surface area (Å²) >= 11 is 0. The Bertz CT molecular complexity index is 231. The highest BCUT2D eigenvalue weighted by Crippen LogP contribution is 2.20. The molecule has 0 aromatic rings. The predicted octanol–water partition coefficient (Wildman–Crippen LogP) is 3.33. The Morgan fingerprint density at radius 2 is 2.21 bits per heavy atom. The van der Waals surface area contributed by atoms with Crippen LogP contribution in [0.15, 0.2) is 0 Å². The van der Waals surface area contributed by atoms with Gasteiger partial charge in [-0.2, -0.15) is 0 Å². The standard InChI is InChI=1S/C13H20O/c1-2-8-13(14)11-12-9-6-4-3-5-7-10-12/h12H,2-4,6,8-11H2,1H3. The van der Waals surface area contributed by atoms with Gasteiger partial charge >= 0.3 is 0 Å². The third-order valence-electron chi connectivity index (χ3n) is 2.73. The summed E-state index contributed by atoms with van der Waals surface area (Å²) in [5, 5.41) is 0. The second kappa shape index (κ2) is 6.65. The van der Waals surface area contributed by atoms with Crippen LogP contribution in [0.2, 0.25) is 0 Å². The van der Waals surface area contributed by atoms with Gasteiger partial charge in [-0.05, 0) is 25.2 Å². The number of ketones is 1. The molecule has 14 heavy (non-hydrogen) atoms. The maximum absolute atomic E-state index is 11.5. The lowest BCUT2D eigenvalue weighted by Crippen LogP contribution is -2.08. The smallest absolute Gasteiger partial charge is 0.133 e. The van der Waals surface area contributed by atoms with Crippen molar-refractivity contribution in [1.82, 2.24) is 0 Å². The van der Waals surface area contributed by atoms with E-state index in [-0.39, 0.29) is 0 Å². The highest BCUT2D eigenvalue weighted by molar-refractivity contribution is 5.78. The number of hydrogen-bond donors (Lipinski definition) is 0. The second-order valence-electron chi connectivity index (χ2n) is 4.16. The van der Waals surface area contributed by atoms with Gasteiger partial charge < -0.3 is 0 Å². The molecule has 0 aromatic heterocycles. The number of rotatable bonds is 4. The van der Waals surface area contributed by atoms with Gasteiger partial charge in [0.15, 0.2) is 0 Å². The monoisotopic (exact) mass is 192 g/mol. The first-order valence-electron chi connectivity index (χ1n) is 5.80. The van der Waals surface area contributed by atoms with Gasteiger partial charge in [-0.1, -0.05) is 13.3 Å². The molecule has 0 bridgehead atoms. The van der Waals surface area contributed by atoms with Gasteiger partial charge in [0.2, 0.25) is 0 Å². The highest BCUT2D eigenvalue weighted by Gasteiger charge is 2.12. The first kappa shape index (κ1) is 11.3. The summed E-state index contributed by atoms with van der Waals surface area (Å²) < 4.78 is 0. The summed E-state index contributed by atoms with van der Waals surface area (Å²) in [6, 6.07) is 0. The summed E-state index contributed by atoms with van der Waals surface area (Å²) in [6.07, 6.45) is 8.16. The molecule has 78 valence electrons. The van der Waals surface area contributed by atoms with E-state index in [0.29, 0.717) is 11.7 Å². The second-order valence-corrected chi connectivity index (χ2v) is 4.16. The fraction of sp³-hybridized carbons (Fsp3) is 0.769. The molecule has 0 amide bonds. The van der Waals surface area contributed by atoms with Crippen LogP contribution in [0.1, 0.15) is 58.3 Å². The van der Waals surface area contributed by atoms with E-state index < -0.39 is 0 Å². The number of Topliss-reactive ketones (excluding diaryl/α,β-unsaturated/α-hetero) is 1. The molecule has 0 N–H and O–H groups in total. The minimum absolute atomic E-state index is 0.430. The van der Waals surface area contributed by atoms with Gasteiger partial charge in [-0.15, -0.1) is 11.8 Å². The van der Waals surface area contributed by atoms with E-state index in [1.54, 1.807) is 0 Å². The molecule has 1 atom stereocenters. The van der Waals surface area contributed by atoms with E-state index in [0.717, 1.165) is 32.1 Å². The van der Waals surface area contributed by atoms with Crippen LogP contribution in [-0.4, -0.2) is 5.78 Å². The third-order valence-corrected chi connectivity index (χ3v) is 2.73. The molecule has 0 radical (unpaired) electrons. The van der Waals surface area contributed by atoms with Gasteiger partial charge in [0.25, 0.3) is 0 Å². The van der Waals surface area contributed by atoms with Crippen molar-refractivity contribution in [1.29, 1.82) is 0 Å². The van der Waals surface area contributed by atoms with Crippen molar-refractivity contribution in [2.45, 2.75) is 58.3 Å². The predicted molar refractivity (Wildman–Crippen MR) is 58.9 cm³/mol. The number of carbonyl (C=O) groups is 1. The van der Waals surface area contributed by atoms with Gasteiger partial charge in [0.1, 0.15) is 5.78 Å². The zero-order chi connectivity index (χ0) is 10.2. The molecule has 1 aliphatic carbocycles. The van der Waals surface area contributed by atoms with Gasteiger partial charge in [0.05, 0.1) is 0 Å². The van der Waals surface area contributed by atoms with E-state index in [1.807, 2.05) is 0 Å². The SMILES string of the molecule is CCCC(=O)CC1CC#CCCCC1. The summed E-state index contributed by atoms with van der Waals surface area (Å²) in [5.74, 6) is 7.32. The Morgan fingerprint density at radius 1 is 1.36 bits per heavy atom. The Morgan fingerprint density at radius 3 is 3.00 bits per heavy atom. The molecule has 0 heterocycles. The molecule has 0 saturated heterocycles. The Kier molecular flexibility index (Phi) is 5.37. The molecule has 0 saturated carbocycles. The first-order valence-corrected chi connectivity index (χ1v) is 5.80. The third kappa shape index (κ3) is 4.46. The highest BCUT2D eigenvalue weighted by atomic mass is 16.1. The summed E-state index contributed by atoms with van der Waals surface area (Å²) in [6.45, 7) is 2.07. The van der Waals surface area contributed by atoms with Crippen molar-refractivity contribution < 1.29 is 4.79 Å². The maximum Gasteiger partial charge on any atom is 0.133 e. The van der Waals surface area contributed by atoms with Gasteiger partial charge in [-0.3, -0.25) is 4.79 Å². The first-order chi connectivity index (χ1) is 6.83. The van der Waals surface area contributed by atoms with Crippen molar-refractivity contribution >= 4 is 5.78 Å². The quantitative estimate of drug-likeness (QED) is 0.624. The average Bonchev–Trinajstić information content (AvgIpc) is 2.10. The molecule has 0 fully saturated rings. The van der Waals surface area contributed by atoms with Crippen molar-refractivity contribution in [2.24, 2.45) is 5.92 Å². The van der Waals surface area contributed by atoms with E-state index in [1.165, 1.54) is 19.3 Å². The fourth-order valence-electron chi connectivity index (χ4n) is 1.93. The maximum atomic E-state index is 11.5. The van der Waals surface area contributed by atoms with E-state index in [4.69, 9.17) is 0 Å². The Labute approximate surface area is 87.3 Å². The molecular formula is C13H20O. The minimum atomic E-state index is 0.430. The molecular weight excluding hydrogens is 172 g/mol. The van der Waals surface area contributed by atoms with Crippen molar-refractivity contribution in [2.75, 3.05) is 0 Å². The lowest BCUT2D eigenvalue weighted by atomic mass is 9.90. The van der Waals surface area contributed by atoms with Crippen LogP contribution in [0.25, 0.3) is 0 Å². The minimum Gasteiger partial charge on any atom is -0.300 e. The lowest BCUT2D eigenvalue weighted by Gasteiger charge is -2.14.